The number of halogens is 2. The third-order valence-electron chi connectivity index (χ3n) is 3.50. The van der Waals surface area contributed by atoms with E-state index in [-0.39, 0.29) is 5.91 Å². The van der Waals surface area contributed by atoms with Crippen molar-refractivity contribution < 1.29 is 4.79 Å². The Kier molecular flexibility index (Phi) is 5.30. The number of likely N-dealkylation sites (N-methyl/N-ethyl adjacent to an activating group) is 2. The van der Waals surface area contributed by atoms with Crippen LogP contribution < -0.4 is 0 Å². The van der Waals surface area contributed by atoms with Gasteiger partial charge < -0.3 is 4.90 Å². The van der Waals surface area contributed by atoms with Gasteiger partial charge in [0.2, 0.25) is 5.91 Å². The number of rotatable bonds is 6. The Morgan fingerprint density at radius 2 is 1.95 bits per heavy atom. The highest BCUT2D eigenvalue weighted by molar-refractivity contribution is 6.42. The van der Waals surface area contributed by atoms with Crippen LogP contribution in [0.5, 0.6) is 0 Å². The maximum atomic E-state index is 12.1. The third kappa shape index (κ3) is 4.65. The highest BCUT2D eigenvalue weighted by atomic mass is 35.5. The summed E-state index contributed by atoms with van der Waals surface area (Å²) in [6.07, 6.45) is 2.52. The van der Waals surface area contributed by atoms with E-state index in [1.165, 1.54) is 12.8 Å². The van der Waals surface area contributed by atoms with Crippen LogP contribution in [-0.4, -0.2) is 42.9 Å². The maximum absolute atomic E-state index is 12.1. The fourth-order valence-electron chi connectivity index (χ4n) is 2.15. The Morgan fingerprint density at radius 1 is 1.25 bits per heavy atom. The molecule has 1 aliphatic rings. The zero-order chi connectivity index (χ0) is 14.7. The van der Waals surface area contributed by atoms with E-state index in [9.17, 15) is 4.79 Å². The van der Waals surface area contributed by atoms with Gasteiger partial charge in [-0.05, 0) is 43.5 Å². The molecule has 1 saturated carbocycles. The summed E-state index contributed by atoms with van der Waals surface area (Å²) >= 11 is 11.9. The Balaban J connectivity index is 1.82. The van der Waals surface area contributed by atoms with Crippen LogP contribution in [0, 0.1) is 5.92 Å². The molecule has 0 aromatic heterocycles. The van der Waals surface area contributed by atoms with Gasteiger partial charge in [0.15, 0.2) is 0 Å². The second-order valence-electron chi connectivity index (χ2n) is 5.64. The number of nitrogens with zero attached hydrogens (tertiary/aromatic N) is 2. The van der Waals surface area contributed by atoms with Crippen molar-refractivity contribution in [1.82, 2.24) is 9.80 Å². The zero-order valence-corrected chi connectivity index (χ0v) is 13.4. The maximum Gasteiger partial charge on any atom is 0.236 e. The molecule has 0 unspecified atom stereocenters. The molecule has 0 atom stereocenters. The molecule has 0 N–H and O–H groups in total. The van der Waals surface area contributed by atoms with Crippen LogP contribution in [0.4, 0.5) is 0 Å². The van der Waals surface area contributed by atoms with Crippen LogP contribution >= 0.6 is 23.2 Å². The quantitative estimate of drug-likeness (QED) is 0.804. The molecule has 0 spiro atoms. The number of carbonyl (C=O) groups excluding carboxylic acids is 1. The van der Waals surface area contributed by atoms with Crippen molar-refractivity contribution in [2.45, 2.75) is 19.4 Å². The third-order valence-corrected chi connectivity index (χ3v) is 4.24. The highest BCUT2D eigenvalue weighted by Gasteiger charge is 2.25. The van der Waals surface area contributed by atoms with Gasteiger partial charge in [-0.1, -0.05) is 29.3 Å². The van der Waals surface area contributed by atoms with Crippen LogP contribution in [0.2, 0.25) is 10.0 Å². The fourth-order valence-corrected chi connectivity index (χ4v) is 2.47. The van der Waals surface area contributed by atoms with E-state index in [0.29, 0.717) is 23.1 Å². The minimum Gasteiger partial charge on any atom is -0.344 e. The lowest BCUT2D eigenvalue weighted by Crippen LogP contribution is -2.37. The van der Waals surface area contributed by atoms with E-state index < -0.39 is 0 Å². The number of carbonyl (C=O) groups is 1. The average molecular weight is 315 g/mol. The van der Waals surface area contributed by atoms with Crippen molar-refractivity contribution >= 4 is 29.1 Å². The lowest BCUT2D eigenvalue weighted by molar-refractivity contribution is -0.131. The summed E-state index contributed by atoms with van der Waals surface area (Å²) in [5, 5.41) is 1.10. The molecule has 0 aliphatic heterocycles. The van der Waals surface area contributed by atoms with Gasteiger partial charge in [-0.3, -0.25) is 9.69 Å². The summed E-state index contributed by atoms with van der Waals surface area (Å²) in [4.78, 5) is 15.9. The van der Waals surface area contributed by atoms with Crippen LogP contribution in [0.25, 0.3) is 0 Å². The largest absolute Gasteiger partial charge is 0.344 e. The first-order valence-corrected chi connectivity index (χ1v) is 7.57. The lowest BCUT2D eigenvalue weighted by atomic mass is 10.2. The van der Waals surface area contributed by atoms with Crippen molar-refractivity contribution in [2.24, 2.45) is 5.92 Å². The number of benzene rings is 1. The lowest BCUT2D eigenvalue weighted by Gasteiger charge is -2.22. The number of amides is 1. The SMILES string of the molecule is CN(CC(=O)N(C)CC1CC1)Cc1ccc(Cl)c(Cl)c1. The van der Waals surface area contributed by atoms with Gasteiger partial charge in [0.1, 0.15) is 0 Å². The molecule has 0 radical (unpaired) electrons. The Labute approximate surface area is 130 Å². The molecular formula is C15H20Cl2N2O. The van der Waals surface area contributed by atoms with Crippen LogP contribution in [0.3, 0.4) is 0 Å². The first-order chi connectivity index (χ1) is 9.45. The number of hydrogen-bond acceptors (Lipinski definition) is 2. The van der Waals surface area contributed by atoms with Crippen LogP contribution in [0.1, 0.15) is 18.4 Å². The summed E-state index contributed by atoms with van der Waals surface area (Å²) in [7, 11) is 3.82. The molecule has 20 heavy (non-hydrogen) atoms. The standard InChI is InChI=1S/C15H20Cl2N2O/c1-18(8-12-5-6-13(16)14(17)7-12)10-15(20)19(2)9-11-3-4-11/h5-7,11H,3-4,8-10H2,1-2H3. The molecular weight excluding hydrogens is 295 g/mol. The zero-order valence-electron chi connectivity index (χ0n) is 11.9. The summed E-state index contributed by atoms with van der Waals surface area (Å²) in [5.74, 6) is 0.892. The summed E-state index contributed by atoms with van der Waals surface area (Å²) in [6.45, 7) is 1.99. The van der Waals surface area contributed by atoms with Gasteiger partial charge in [0.05, 0.1) is 16.6 Å². The molecule has 2 rings (SSSR count). The molecule has 1 aromatic rings. The van der Waals surface area contributed by atoms with Gasteiger partial charge in [0, 0.05) is 20.1 Å². The molecule has 1 aliphatic carbocycles. The molecule has 1 fully saturated rings. The molecule has 0 saturated heterocycles. The second kappa shape index (κ2) is 6.79. The Hall–Kier alpha value is -0.770. The van der Waals surface area contributed by atoms with E-state index in [4.69, 9.17) is 23.2 Å². The Morgan fingerprint density at radius 3 is 2.55 bits per heavy atom. The molecule has 3 nitrogen and oxygen atoms in total. The second-order valence-corrected chi connectivity index (χ2v) is 6.45. The highest BCUT2D eigenvalue weighted by Crippen LogP contribution is 2.29. The normalized spacial score (nSPS) is 14.7. The first-order valence-electron chi connectivity index (χ1n) is 6.82. The average Bonchev–Trinajstić information content (AvgIpc) is 3.17. The van der Waals surface area contributed by atoms with E-state index in [1.807, 2.05) is 36.0 Å². The minimum absolute atomic E-state index is 0.166. The van der Waals surface area contributed by atoms with E-state index in [0.717, 1.165) is 18.0 Å². The van der Waals surface area contributed by atoms with Gasteiger partial charge in [0.25, 0.3) is 0 Å². The molecule has 0 bridgehead atoms. The predicted molar refractivity (Wildman–Crippen MR) is 83.2 cm³/mol. The van der Waals surface area contributed by atoms with Crippen molar-refractivity contribution in [1.29, 1.82) is 0 Å². The summed E-state index contributed by atoms with van der Waals surface area (Å²) in [5.41, 5.74) is 1.06. The first kappa shape index (κ1) is 15.6. The molecule has 110 valence electrons. The van der Waals surface area contributed by atoms with E-state index in [2.05, 4.69) is 0 Å². The van der Waals surface area contributed by atoms with E-state index in [1.54, 1.807) is 6.07 Å². The van der Waals surface area contributed by atoms with Gasteiger partial charge in [-0.25, -0.2) is 0 Å². The van der Waals surface area contributed by atoms with Crippen LogP contribution in [0.15, 0.2) is 18.2 Å². The van der Waals surface area contributed by atoms with Gasteiger partial charge in [-0.2, -0.15) is 0 Å². The Bertz CT molecular complexity index is 489. The molecule has 1 aromatic carbocycles. The number of hydrogen-bond donors (Lipinski definition) is 0. The van der Waals surface area contributed by atoms with Crippen molar-refractivity contribution in [3.05, 3.63) is 33.8 Å². The van der Waals surface area contributed by atoms with Crippen LogP contribution in [-0.2, 0) is 11.3 Å². The monoisotopic (exact) mass is 314 g/mol. The minimum atomic E-state index is 0.166. The molecule has 0 heterocycles. The van der Waals surface area contributed by atoms with Gasteiger partial charge in [-0.15, -0.1) is 0 Å². The fraction of sp³-hybridized carbons (Fsp3) is 0.533. The van der Waals surface area contributed by atoms with Gasteiger partial charge >= 0.3 is 0 Å². The summed E-state index contributed by atoms with van der Waals surface area (Å²) in [6, 6.07) is 5.57. The predicted octanol–water partition coefficient (Wildman–Crippen LogP) is 3.29. The van der Waals surface area contributed by atoms with E-state index >= 15 is 0 Å². The topological polar surface area (TPSA) is 23.6 Å². The van der Waals surface area contributed by atoms with Crippen molar-refractivity contribution in [2.75, 3.05) is 27.2 Å². The summed E-state index contributed by atoms with van der Waals surface area (Å²) < 4.78 is 0. The molecule has 5 heteroatoms. The van der Waals surface area contributed by atoms with Crippen molar-refractivity contribution in [3.63, 3.8) is 0 Å². The smallest absolute Gasteiger partial charge is 0.236 e. The molecule has 1 amide bonds. The van der Waals surface area contributed by atoms with Crippen molar-refractivity contribution in [3.8, 4) is 0 Å².